The van der Waals surface area contributed by atoms with Crippen LogP contribution in [0.3, 0.4) is 0 Å². The van der Waals surface area contributed by atoms with Crippen molar-refractivity contribution in [3.63, 3.8) is 0 Å². The molecule has 4 nitrogen and oxygen atoms in total. The zero-order chi connectivity index (χ0) is 14.4. The number of aryl methyl sites for hydroxylation is 1. The molecule has 0 atom stereocenters. The number of nitrogens with one attached hydrogen (secondary N) is 1. The molecule has 1 amide bonds. The molecule has 0 aliphatic rings. The van der Waals surface area contributed by atoms with Crippen LogP contribution in [0.25, 0.3) is 0 Å². The first-order valence-electron chi connectivity index (χ1n) is 6.61. The number of nitrogens with two attached hydrogens (primary N) is 1. The second-order valence-electron chi connectivity index (χ2n) is 4.79. The predicted octanol–water partition coefficient (Wildman–Crippen LogP) is 1.98. The molecule has 106 valence electrons. The first-order valence-corrected chi connectivity index (χ1v) is 6.61. The van der Waals surface area contributed by atoms with Gasteiger partial charge in [0.1, 0.15) is 5.75 Å². The van der Waals surface area contributed by atoms with Crippen molar-refractivity contribution in [2.75, 3.05) is 13.7 Å². The Morgan fingerprint density at radius 2 is 2.00 bits per heavy atom. The van der Waals surface area contributed by atoms with Gasteiger partial charge in [0.25, 0.3) is 0 Å². The summed E-state index contributed by atoms with van der Waals surface area (Å²) in [5.74, 6) is 0.950. The summed E-state index contributed by atoms with van der Waals surface area (Å²) in [4.78, 5) is 11.6. The molecule has 1 aromatic rings. The standard InChI is InChI=1S/C15H24N2O2/c1-10-8-14(19-4)12(3)11(2)13(10)9-17-15(18)6-5-7-16/h8H,5-7,9,16H2,1-4H3,(H,17,18). The molecule has 0 spiro atoms. The minimum atomic E-state index is 0.0534. The van der Waals surface area contributed by atoms with Gasteiger partial charge in [-0.15, -0.1) is 0 Å². The largest absolute Gasteiger partial charge is 0.496 e. The van der Waals surface area contributed by atoms with Crippen molar-refractivity contribution in [2.45, 2.75) is 40.2 Å². The number of amides is 1. The van der Waals surface area contributed by atoms with E-state index in [9.17, 15) is 4.79 Å². The lowest BCUT2D eigenvalue weighted by molar-refractivity contribution is -0.121. The Morgan fingerprint density at radius 3 is 2.58 bits per heavy atom. The summed E-state index contributed by atoms with van der Waals surface area (Å²) in [5.41, 5.74) is 10.00. The number of methoxy groups -OCH3 is 1. The smallest absolute Gasteiger partial charge is 0.220 e. The fourth-order valence-electron chi connectivity index (χ4n) is 2.12. The number of carbonyl (C=O) groups excluding carboxylic acids is 1. The maximum Gasteiger partial charge on any atom is 0.220 e. The highest BCUT2D eigenvalue weighted by molar-refractivity contribution is 5.76. The van der Waals surface area contributed by atoms with E-state index in [0.717, 1.165) is 23.3 Å². The summed E-state index contributed by atoms with van der Waals surface area (Å²) in [7, 11) is 1.68. The van der Waals surface area contributed by atoms with Crippen LogP contribution in [0.4, 0.5) is 0 Å². The van der Waals surface area contributed by atoms with Gasteiger partial charge in [-0.2, -0.15) is 0 Å². The SMILES string of the molecule is COc1cc(C)c(CNC(=O)CCCN)c(C)c1C. The Hall–Kier alpha value is -1.55. The van der Waals surface area contributed by atoms with E-state index in [1.54, 1.807) is 7.11 Å². The zero-order valence-corrected chi connectivity index (χ0v) is 12.3. The molecule has 0 aliphatic carbocycles. The molecule has 0 saturated heterocycles. The maximum atomic E-state index is 11.6. The summed E-state index contributed by atoms with van der Waals surface area (Å²) in [5, 5.41) is 2.94. The van der Waals surface area contributed by atoms with Crippen LogP contribution < -0.4 is 15.8 Å². The van der Waals surface area contributed by atoms with E-state index in [1.165, 1.54) is 11.1 Å². The average Bonchev–Trinajstić information content (AvgIpc) is 2.40. The molecule has 0 radical (unpaired) electrons. The molecule has 0 saturated carbocycles. The summed E-state index contributed by atoms with van der Waals surface area (Å²) >= 11 is 0. The highest BCUT2D eigenvalue weighted by Crippen LogP contribution is 2.27. The van der Waals surface area contributed by atoms with Crippen LogP contribution in [0, 0.1) is 20.8 Å². The molecule has 4 heteroatoms. The second kappa shape index (κ2) is 7.14. The van der Waals surface area contributed by atoms with Crippen LogP contribution in [0.1, 0.15) is 35.1 Å². The first kappa shape index (κ1) is 15.5. The van der Waals surface area contributed by atoms with Crippen molar-refractivity contribution in [1.82, 2.24) is 5.32 Å². The zero-order valence-electron chi connectivity index (χ0n) is 12.3. The van der Waals surface area contributed by atoms with E-state index < -0.39 is 0 Å². The number of hydrogen-bond donors (Lipinski definition) is 2. The molecule has 1 aromatic carbocycles. The topological polar surface area (TPSA) is 64.3 Å². The van der Waals surface area contributed by atoms with Crippen LogP contribution in [0.5, 0.6) is 5.75 Å². The highest BCUT2D eigenvalue weighted by Gasteiger charge is 2.11. The van der Waals surface area contributed by atoms with Crippen molar-refractivity contribution in [3.05, 3.63) is 28.3 Å². The molecule has 19 heavy (non-hydrogen) atoms. The van der Waals surface area contributed by atoms with Gasteiger partial charge < -0.3 is 15.8 Å². The van der Waals surface area contributed by atoms with Crippen LogP contribution >= 0.6 is 0 Å². The quantitative estimate of drug-likeness (QED) is 0.825. The van der Waals surface area contributed by atoms with E-state index in [1.807, 2.05) is 19.9 Å². The van der Waals surface area contributed by atoms with Gasteiger partial charge in [-0.3, -0.25) is 4.79 Å². The summed E-state index contributed by atoms with van der Waals surface area (Å²) in [6.45, 7) is 7.24. The molecule has 3 N–H and O–H groups in total. The summed E-state index contributed by atoms with van der Waals surface area (Å²) in [6, 6.07) is 2.02. The monoisotopic (exact) mass is 264 g/mol. The fourth-order valence-corrected chi connectivity index (χ4v) is 2.12. The van der Waals surface area contributed by atoms with Gasteiger partial charge >= 0.3 is 0 Å². The molecular formula is C15H24N2O2. The van der Waals surface area contributed by atoms with E-state index >= 15 is 0 Å². The van der Waals surface area contributed by atoms with E-state index in [0.29, 0.717) is 19.5 Å². The number of hydrogen-bond acceptors (Lipinski definition) is 3. The third kappa shape index (κ3) is 3.96. The van der Waals surface area contributed by atoms with Crippen molar-refractivity contribution in [3.8, 4) is 5.75 Å². The van der Waals surface area contributed by atoms with Crippen molar-refractivity contribution in [1.29, 1.82) is 0 Å². The van der Waals surface area contributed by atoms with Crippen molar-refractivity contribution in [2.24, 2.45) is 5.73 Å². The third-order valence-electron chi connectivity index (χ3n) is 3.50. The highest BCUT2D eigenvalue weighted by atomic mass is 16.5. The summed E-state index contributed by atoms with van der Waals surface area (Å²) in [6.07, 6.45) is 1.22. The van der Waals surface area contributed by atoms with Gasteiger partial charge in [0, 0.05) is 13.0 Å². The second-order valence-corrected chi connectivity index (χ2v) is 4.79. The molecule has 0 aliphatic heterocycles. The number of ether oxygens (including phenoxy) is 1. The van der Waals surface area contributed by atoms with Crippen molar-refractivity contribution < 1.29 is 9.53 Å². The van der Waals surface area contributed by atoms with Gasteiger partial charge in [-0.1, -0.05) is 0 Å². The third-order valence-corrected chi connectivity index (χ3v) is 3.50. The summed E-state index contributed by atoms with van der Waals surface area (Å²) < 4.78 is 5.34. The molecule has 0 fully saturated rings. The Bertz CT molecular complexity index is 456. The number of rotatable bonds is 6. The molecule has 0 aromatic heterocycles. The van der Waals surface area contributed by atoms with Crippen LogP contribution in [-0.4, -0.2) is 19.6 Å². The first-order chi connectivity index (χ1) is 9.01. The molecule has 0 heterocycles. The fraction of sp³-hybridized carbons (Fsp3) is 0.533. The molecule has 0 unspecified atom stereocenters. The van der Waals surface area contributed by atoms with E-state index in [-0.39, 0.29) is 5.91 Å². The molecular weight excluding hydrogens is 240 g/mol. The van der Waals surface area contributed by atoms with Gasteiger partial charge in [0.05, 0.1) is 7.11 Å². The van der Waals surface area contributed by atoms with Crippen LogP contribution in [-0.2, 0) is 11.3 Å². The van der Waals surface area contributed by atoms with Gasteiger partial charge in [0.2, 0.25) is 5.91 Å². The Kier molecular flexibility index (Phi) is 5.83. The van der Waals surface area contributed by atoms with Crippen LogP contribution in [0.15, 0.2) is 6.07 Å². The maximum absolute atomic E-state index is 11.6. The van der Waals surface area contributed by atoms with Crippen molar-refractivity contribution >= 4 is 5.91 Å². The Labute approximate surface area is 115 Å². The van der Waals surface area contributed by atoms with Crippen LogP contribution in [0.2, 0.25) is 0 Å². The number of carbonyl (C=O) groups is 1. The Balaban J connectivity index is 2.79. The van der Waals surface area contributed by atoms with Gasteiger partial charge in [-0.25, -0.2) is 0 Å². The number of benzene rings is 1. The Morgan fingerprint density at radius 1 is 1.32 bits per heavy atom. The molecule has 0 bridgehead atoms. The normalized spacial score (nSPS) is 10.4. The van der Waals surface area contributed by atoms with Gasteiger partial charge in [-0.05, 0) is 62.1 Å². The minimum Gasteiger partial charge on any atom is -0.496 e. The lowest BCUT2D eigenvalue weighted by atomic mass is 9.97. The lowest BCUT2D eigenvalue weighted by Crippen LogP contribution is -2.24. The molecule has 1 rings (SSSR count). The van der Waals surface area contributed by atoms with E-state index in [4.69, 9.17) is 10.5 Å². The van der Waals surface area contributed by atoms with Gasteiger partial charge in [0.15, 0.2) is 0 Å². The van der Waals surface area contributed by atoms with E-state index in [2.05, 4.69) is 12.2 Å². The predicted molar refractivity (Wildman–Crippen MR) is 77.3 cm³/mol. The lowest BCUT2D eigenvalue weighted by Gasteiger charge is -2.16. The minimum absolute atomic E-state index is 0.0534. The average molecular weight is 264 g/mol.